The van der Waals surface area contributed by atoms with Crippen molar-refractivity contribution in [2.45, 2.75) is 20.0 Å². The van der Waals surface area contributed by atoms with Gasteiger partial charge in [0, 0.05) is 35.3 Å². The Bertz CT molecular complexity index is 953. The molecule has 0 unspecified atom stereocenters. The number of H-pyrrole nitrogens is 1. The maximum absolute atomic E-state index is 5.42. The summed E-state index contributed by atoms with van der Waals surface area (Å²) in [6, 6.07) is 18.5. The van der Waals surface area contributed by atoms with Crippen molar-refractivity contribution in [3.05, 3.63) is 77.7 Å². The lowest BCUT2D eigenvalue weighted by atomic mass is 10.1. The van der Waals surface area contributed by atoms with E-state index in [4.69, 9.17) is 4.52 Å². The molecule has 4 heteroatoms. The fourth-order valence-electron chi connectivity index (χ4n) is 2.90. The molecule has 0 fully saturated rings. The topological polar surface area (TPSA) is 53.9 Å². The van der Waals surface area contributed by atoms with Gasteiger partial charge in [-0.15, -0.1) is 0 Å². The zero-order valence-corrected chi connectivity index (χ0v) is 13.5. The van der Waals surface area contributed by atoms with Crippen molar-refractivity contribution >= 4 is 10.9 Å². The van der Waals surface area contributed by atoms with Crippen molar-refractivity contribution in [2.75, 3.05) is 0 Å². The van der Waals surface area contributed by atoms with Crippen LogP contribution in [0.2, 0.25) is 0 Å². The molecule has 4 rings (SSSR count). The van der Waals surface area contributed by atoms with Crippen LogP contribution in [0.15, 0.2) is 65.3 Å². The van der Waals surface area contributed by atoms with Gasteiger partial charge in [0.1, 0.15) is 5.69 Å². The standard InChI is InChI=1S/C20H19N3O/c1-14-7-8-19-18(9-14)16(12-22-19)11-21-13-17-10-20(23-24-17)15-5-3-2-4-6-15/h2-10,12,21-22H,11,13H2,1H3. The highest BCUT2D eigenvalue weighted by Crippen LogP contribution is 2.20. The minimum Gasteiger partial charge on any atom is -0.361 e. The van der Waals surface area contributed by atoms with E-state index in [1.807, 2.05) is 36.4 Å². The Morgan fingerprint density at radius 2 is 1.92 bits per heavy atom. The van der Waals surface area contributed by atoms with Gasteiger partial charge in [-0.1, -0.05) is 47.1 Å². The molecule has 0 amide bonds. The van der Waals surface area contributed by atoms with Gasteiger partial charge in [0.15, 0.2) is 5.76 Å². The average Bonchev–Trinajstić information content (AvgIpc) is 3.23. The zero-order valence-electron chi connectivity index (χ0n) is 13.5. The van der Waals surface area contributed by atoms with Crippen LogP contribution in [0.1, 0.15) is 16.9 Å². The van der Waals surface area contributed by atoms with Gasteiger partial charge in [-0.05, 0) is 24.6 Å². The van der Waals surface area contributed by atoms with Crippen molar-refractivity contribution in [3.8, 4) is 11.3 Å². The summed E-state index contributed by atoms with van der Waals surface area (Å²) in [5.74, 6) is 0.838. The fourth-order valence-corrected chi connectivity index (χ4v) is 2.90. The summed E-state index contributed by atoms with van der Waals surface area (Å²) < 4.78 is 5.42. The second-order valence-electron chi connectivity index (χ2n) is 6.01. The lowest BCUT2D eigenvalue weighted by Gasteiger charge is -2.01. The Morgan fingerprint density at radius 1 is 1.04 bits per heavy atom. The Morgan fingerprint density at radius 3 is 2.79 bits per heavy atom. The minimum absolute atomic E-state index is 0.651. The summed E-state index contributed by atoms with van der Waals surface area (Å²) in [7, 11) is 0. The van der Waals surface area contributed by atoms with Gasteiger partial charge in [-0.25, -0.2) is 0 Å². The molecule has 0 aliphatic rings. The molecule has 4 aromatic rings. The van der Waals surface area contributed by atoms with Crippen LogP contribution < -0.4 is 5.32 Å². The molecule has 2 heterocycles. The number of hydrogen-bond donors (Lipinski definition) is 2. The highest BCUT2D eigenvalue weighted by molar-refractivity contribution is 5.83. The minimum atomic E-state index is 0.651. The molecule has 0 saturated carbocycles. The summed E-state index contributed by atoms with van der Waals surface area (Å²) >= 11 is 0. The molecule has 2 aromatic heterocycles. The van der Waals surface area contributed by atoms with Gasteiger partial charge in [-0.3, -0.25) is 0 Å². The predicted molar refractivity (Wildman–Crippen MR) is 95.5 cm³/mol. The molecule has 0 aliphatic carbocycles. The molecular formula is C20H19N3O. The molecule has 24 heavy (non-hydrogen) atoms. The second kappa shape index (κ2) is 6.34. The quantitative estimate of drug-likeness (QED) is 0.573. The van der Waals surface area contributed by atoms with E-state index in [1.54, 1.807) is 0 Å². The molecule has 0 atom stereocenters. The highest BCUT2D eigenvalue weighted by atomic mass is 16.5. The third-order valence-electron chi connectivity index (χ3n) is 4.17. The first-order valence-corrected chi connectivity index (χ1v) is 8.08. The number of benzene rings is 2. The summed E-state index contributed by atoms with van der Waals surface area (Å²) in [4.78, 5) is 3.31. The molecule has 0 saturated heterocycles. The second-order valence-corrected chi connectivity index (χ2v) is 6.01. The first kappa shape index (κ1) is 14.7. The third kappa shape index (κ3) is 2.96. The van der Waals surface area contributed by atoms with Crippen molar-refractivity contribution in [2.24, 2.45) is 0 Å². The first-order valence-electron chi connectivity index (χ1n) is 8.08. The van der Waals surface area contributed by atoms with E-state index in [0.717, 1.165) is 23.6 Å². The van der Waals surface area contributed by atoms with E-state index in [0.29, 0.717) is 6.54 Å². The molecule has 0 radical (unpaired) electrons. The fraction of sp³-hybridized carbons (Fsp3) is 0.150. The highest BCUT2D eigenvalue weighted by Gasteiger charge is 2.07. The zero-order chi connectivity index (χ0) is 16.4. The maximum Gasteiger partial charge on any atom is 0.151 e. The largest absolute Gasteiger partial charge is 0.361 e. The van der Waals surface area contributed by atoms with Crippen molar-refractivity contribution in [1.29, 1.82) is 0 Å². The van der Waals surface area contributed by atoms with E-state index < -0.39 is 0 Å². The Labute approximate surface area is 140 Å². The number of nitrogens with zero attached hydrogens (tertiary/aromatic N) is 1. The normalized spacial score (nSPS) is 11.2. The Hall–Kier alpha value is -2.85. The van der Waals surface area contributed by atoms with Crippen LogP contribution in [0, 0.1) is 6.92 Å². The smallest absolute Gasteiger partial charge is 0.151 e. The van der Waals surface area contributed by atoms with E-state index >= 15 is 0 Å². The third-order valence-corrected chi connectivity index (χ3v) is 4.17. The van der Waals surface area contributed by atoms with E-state index in [1.165, 1.54) is 22.0 Å². The number of nitrogens with one attached hydrogen (secondary N) is 2. The monoisotopic (exact) mass is 317 g/mol. The number of aryl methyl sites for hydroxylation is 1. The molecule has 120 valence electrons. The van der Waals surface area contributed by atoms with Gasteiger partial charge in [0.25, 0.3) is 0 Å². The van der Waals surface area contributed by atoms with Crippen molar-refractivity contribution in [3.63, 3.8) is 0 Å². The van der Waals surface area contributed by atoms with Crippen LogP contribution in [-0.4, -0.2) is 10.1 Å². The van der Waals surface area contributed by atoms with Crippen molar-refractivity contribution in [1.82, 2.24) is 15.5 Å². The van der Waals surface area contributed by atoms with E-state index in [9.17, 15) is 0 Å². The number of rotatable bonds is 5. The van der Waals surface area contributed by atoms with E-state index in [-0.39, 0.29) is 0 Å². The van der Waals surface area contributed by atoms with Crippen LogP contribution >= 0.6 is 0 Å². The van der Waals surface area contributed by atoms with Crippen LogP contribution in [0.4, 0.5) is 0 Å². The Kier molecular flexibility index (Phi) is 3.89. The van der Waals surface area contributed by atoms with Crippen LogP contribution in [0.25, 0.3) is 22.2 Å². The van der Waals surface area contributed by atoms with Crippen LogP contribution in [0.3, 0.4) is 0 Å². The first-order chi connectivity index (χ1) is 11.8. The maximum atomic E-state index is 5.42. The summed E-state index contributed by atoms with van der Waals surface area (Å²) in [6.45, 7) is 3.55. The number of aromatic amines is 1. The van der Waals surface area contributed by atoms with E-state index in [2.05, 4.69) is 46.8 Å². The number of fused-ring (bicyclic) bond motifs is 1. The lowest BCUT2D eigenvalue weighted by Crippen LogP contribution is -2.11. The molecule has 0 bridgehead atoms. The average molecular weight is 317 g/mol. The van der Waals surface area contributed by atoms with Gasteiger partial charge < -0.3 is 14.8 Å². The SMILES string of the molecule is Cc1ccc2[nH]cc(CNCc3cc(-c4ccccc4)no3)c2c1. The van der Waals surface area contributed by atoms with Gasteiger partial charge in [-0.2, -0.15) is 0 Å². The van der Waals surface area contributed by atoms with Crippen LogP contribution in [-0.2, 0) is 13.1 Å². The summed E-state index contributed by atoms with van der Waals surface area (Å²) in [5.41, 5.74) is 5.64. The molecule has 2 aromatic carbocycles. The molecule has 2 N–H and O–H groups in total. The molecular weight excluding hydrogens is 298 g/mol. The van der Waals surface area contributed by atoms with Gasteiger partial charge in [0.05, 0.1) is 6.54 Å². The Balaban J connectivity index is 1.42. The van der Waals surface area contributed by atoms with Crippen LogP contribution in [0.5, 0.6) is 0 Å². The number of hydrogen-bond acceptors (Lipinski definition) is 3. The number of aromatic nitrogens is 2. The summed E-state index contributed by atoms with van der Waals surface area (Å²) in [6.07, 6.45) is 2.06. The molecule has 0 spiro atoms. The van der Waals surface area contributed by atoms with Gasteiger partial charge in [0.2, 0.25) is 0 Å². The van der Waals surface area contributed by atoms with Crippen molar-refractivity contribution < 1.29 is 4.52 Å². The molecule has 0 aliphatic heterocycles. The van der Waals surface area contributed by atoms with Gasteiger partial charge >= 0.3 is 0 Å². The lowest BCUT2D eigenvalue weighted by molar-refractivity contribution is 0.374. The predicted octanol–water partition coefficient (Wildman–Crippen LogP) is 4.42. The summed E-state index contributed by atoms with van der Waals surface area (Å²) in [5, 5.41) is 8.84. The molecule has 4 nitrogen and oxygen atoms in total.